The number of rotatable bonds is 5. The highest BCUT2D eigenvalue weighted by atomic mass is 79.9. The first-order valence-electron chi connectivity index (χ1n) is 6.66. The Balaban J connectivity index is 2.28. The molecule has 0 aliphatic heterocycles. The van der Waals surface area contributed by atoms with Crippen molar-refractivity contribution >= 4 is 21.7 Å². The number of benzene rings is 2. The first-order chi connectivity index (χ1) is 10.0. The summed E-state index contributed by atoms with van der Waals surface area (Å²) in [5.41, 5.74) is 1.14. The number of ether oxygens (including phenoxy) is 2. The van der Waals surface area contributed by atoms with E-state index in [0.29, 0.717) is 16.9 Å². The van der Waals surface area contributed by atoms with Crippen molar-refractivity contribution in [3.63, 3.8) is 0 Å². The zero-order valence-electron chi connectivity index (χ0n) is 12.2. The second-order valence-corrected chi connectivity index (χ2v) is 5.78. The number of methoxy groups -OCH3 is 1. The molecular weight excluding hydrogens is 332 g/mol. The van der Waals surface area contributed by atoms with Crippen LogP contribution in [0.4, 0.5) is 0 Å². The third kappa shape index (κ3) is 3.85. The van der Waals surface area contributed by atoms with Crippen LogP contribution in [0.3, 0.4) is 0 Å². The molecule has 0 N–H and O–H groups in total. The number of carbonyl (C=O) groups is 1. The van der Waals surface area contributed by atoms with Crippen molar-refractivity contribution in [3.05, 3.63) is 58.1 Å². The molecular formula is C17H17BrO3. The summed E-state index contributed by atoms with van der Waals surface area (Å²) in [7, 11) is 1.55. The van der Waals surface area contributed by atoms with Crippen LogP contribution in [0.25, 0.3) is 0 Å². The van der Waals surface area contributed by atoms with Gasteiger partial charge in [0, 0.05) is 10.0 Å². The molecule has 0 saturated carbocycles. The molecule has 0 bridgehead atoms. The Kier molecular flexibility index (Phi) is 5.02. The first kappa shape index (κ1) is 15.6. The van der Waals surface area contributed by atoms with Gasteiger partial charge in [0.05, 0.1) is 18.8 Å². The summed E-state index contributed by atoms with van der Waals surface area (Å²) in [6.45, 7) is 3.93. The SMILES string of the molecule is COc1cc(Br)ccc1C(=O)c1ccc(OC(C)C)cc1. The van der Waals surface area contributed by atoms with Crippen LogP contribution in [-0.4, -0.2) is 19.0 Å². The molecule has 0 aliphatic carbocycles. The van der Waals surface area contributed by atoms with E-state index in [0.717, 1.165) is 10.2 Å². The summed E-state index contributed by atoms with van der Waals surface area (Å²) in [5, 5.41) is 0. The second kappa shape index (κ2) is 6.76. The smallest absolute Gasteiger partial charge is 0.196 e. The standard InChI is InChI=1S/C17H17BrO3/c1-11(2)21-14-7-4-12(5-8-14)17(19)15-9-6-13(18)10-16(15)20-3/h4-11H,1-3H3. The van der Waals surface area contributed by atoms with Crippen molar-refractivity contribution in [2.45, 2.75) is 20.0 Å². The van der Waals surface area contributed by atoms with Crippen LogP contribution in [0.2, 0.25) is 0 Å². The van der Waals surface area contributed by atoms with Gasteiger partial charge in [0.15, 0.2) is 5.78 Å². The Morgan fingerprint density at radius 2 is 1.76 bits per heavy atom. The molecule has 0 aromatic heterocycles. The normalized spacial score (nSPS) is 10.5. The molecule has 0 atom stereocenters. The van der Waals surface area contributed by atoms with Gasteiger partial charge in [-0.1, -0.05) is 15.9 Å². The molecule has 0 unspecified atom stereocenters. The van der Waals surface area contributed by atoms with Crippen molar-refractivity contribution in [2.75, 3.05) is 7.11 Å². The highest BCUT2D eigenvalue weighted by Gasteiger charge is 2.15. The van der Waals surface area contributed by atoms with Crippen molar-refractivity contribution in [3.8, 4) is 11.5 Å². The average molecular weight is 349 g/mol. The summed E-state index contributed by atoms with van der Waals surface area (Å²) in [6.07, 6.45) is 0.109. The summed E-state index contributed by atoms with van der Waals surface area (Å²) < 4.78 is 11.7. The maximum Gasteiger partial charge on any atom is 0.196 e. The molecule has 0 amide bonds. The van der Waals surface area contributed by atoms with Gasteiger partial charge in [0.25, 0.3) is 0 Å². The van der Waals surface area contributed by atoms with E-state index in [1.165, 1.54) is 0 Å². The predicted molar refractivity (Wildman–Crippen MR) is 86.3 cm³/mol. The van der Waals surface area contributed by atoms with Crippen molar-refractivity contribution in [1.82, 2.24) is 0 Å². The zero-order valence-corrected chi connectivity index (χ0v) is 13.8. The molecule has 0 aliphatic rings. The largest absolute Gasteiger partial charge is 0.496 e. The van der Waals surface area contributed by atoms with Gasteiger partial charge >= 0.3 is 0 Å². The lowest BCUT2D eigenvalue weighted by molar-refractivity contribution is 0.103. The van der Waals surface area contributed by atoms with E-state index in [4.69, 9.17) is 9.47 Å². The molecule has 3 nitrogen and oxygen atoms in total. The van der Waals surface area contributed by atoms with Gasteiger partial charge in [-0.2, -0.15) is 0 Å². The molecule has 0 spiro atoms. The summed E-state index contributed by atoms with van der Waals surface area (Å²) in [5.74, 6) is 1.23. The Morgan fingerprint density at radius 3 is 2.33 bits per heavy atom. The summed E-state index contributed by atoms with van der Waals surface area (Å²) in [6, 6.07) is 12.5. The Hall–Kier alpha value is -1.81. The fourth-order valence-electron chi connectivity index (χ4n) is 1.97. The van der Waals surface area contributed by atoms with Gasteiger partial charge in [0.1, 0.15) is 11.5 Å². The van der Waals surface area contributed by atoms with Crippen molar-refractivity contribution in [2.24, 2.45) is 0 Å². The molecule has 2 aromatic carbocycles. The number of halogens is 1. The van der Waals surface area contributed by atoms with Crippen LogP contribution < -0.4 is 9.47 Å². The molecule has 110 valence electrons. The first-order valence-corrected chi connectivity index (χ1v) is 7.45. The fourth-order valence-corrected chi connectivity index (χ4v) is 2.31. The lowest BCUT2D eigenvalue weighted by atomic mass is 10.0. The van der Waals surface area contributed by atoms with Gasteiger partial charge in [-0.25, -0.2) is 0 Å². The number of carbonyl (C=O) groups excluding carboxylic acids is 1. The van der Waals surface area contributed by atoms with Gasteiger partial charge in [-0.05, 0) is 56.3 Å². The highest BCUT2D eigenvalue weighted by molar-refractivity contribution is 9.10. The van der Waals surface area contributed by atoms with E-state index >= 15 is 0 Å². The third-order valence-corrected chi connectivity index (χ3v) is 3.39. The quantitative estimate of drug-likeness (QED) is 0.747. The van der Waals surface area contributed by atoms with Crippen LogP contribution >= 0.6 is 15.9 Å². The van der Waals surface area contributed by atoms with Crippen LogP contribution in [-0.2, 0) is 0 Å². The topological polar surface area (TPSA) is 35.5 Å². The third-order valence-electron chi connectivity index (χ3n) is 2.90. The monoisotopic (exact) mass is 348 g/mol. The van der Waals surface area contributed by atoms with Crippen molar-refractivity contribution in [1.29, 1.82) is 0 Å². The molecule has 0 saturated heterocycles. The maximum absolute atomic E-state index is 12.5. The average Bonchev–Trinajstić information content (AvgIpc) is 2.46. The minimum absolute atomic E-state index is 0.0737. The van der Waals surface area contributed by atoms with Crippen LogP contribution in [0, 0.1) is 0 Å². The highest BCUT2D eigenvalue weighted by Crippen LogP contribution is 2.26. The van der Waals surface area contributed by atoms with Crippen molar-refractivity contribution < 1.29 is 14.3 Å². The molecule has 0 fully saturated rings. The zero-order chi connectivity index (χ0) is 15.4. The molecule has 2 aromatic rings. The summed E-state index contributed by atoms with van der Waals surface area (Å²) in [4.78, 5) is 12.5. The van der Waals surface area contributed by atoms with Gasteiger partial charge in [0.2, 0.25) is 0 Å². The van der Waals surface area contributed by atoms with Gasteiger partial charge < -0.3 is 9.47 Å². The minimum Gasteiger partial charge on any atom is -0.496 e. The molecule has 0 radical (unpaired) electrons. The van der Waals surface area contributed by atoms with E-state index in [2.05, 4.69) is 15.9 Å². The molecule has 4 heteroatoms. The van der Waals surface area contributed by atoms with Crippen LogP contribution in [0.1, 0.15) is 29.8 Å². The predicted octanol–water partition coefficient (Wildman–Crippen LogP) is 4.48. The van der Waals surface area contributed by atoms with E-state index < -0.39 is 0 Å². The number of ketones is 1. The maximum atomic E-state index is 12.5. The number of hydrogen-bond donors (Lipinski definition) is 0. The fraction of sp³-hybridized carbons (Fsp3) is 0.235. The molecule has 21 heavy (non-hydrogen) atoms. The second-order valence-electron chi connectivity index (χ2n) is 4.86. The van der Waals surface area contributed by atoms with E-state index in [9.17, 15) is 4.79 Å². The summed E-state index contributed by atoms with van der Waals surface area (Å²) >= 11 is 3.37. The van der Waals surface area contributed by atoms with Crippen LogP contribution in [0.5, 0.6) is 11.5 Å². The van der Waals surface area contributed by atoms with Gasteiger partial charge in [-0.3, -0.25) is 4.79 Å². The van der Waals surface area contributed by atoms with Crippen LogP contribution in [0.15, 0.2) is 46.9 Å². The molecule has 0 heterocycles. The van der Waals surface area contributed by atoms with E-state index in [1.54, 1.807) is 43.5 Å². The van der Waals surface area contributed by atoms with E-state index in [1.807, 2.05) is 19.9 Å². The van der Waals surface area contributed by atoms with E-state index in [-0.39, 0.29) is 11.9 Å². The minimum atomic E-state index is -0.0737. The van der Waals surface area contributed by atoms with Gasteiger partial charge in [-0.15, -0.1) is 0 Å². The lowest BCUT2D eigenvalue weighted by Crippen LogP contribution is -2.07. The molecule has 2 rings (SSSR count). The Morgan fingerprint density at radius 1 is 1.10 bits per heavy atom. The Labute approximate surface area is 133 Å². The lowest BCUT2D eigenvalue weighted by Gasteiger charge is -2.11. The Bertz CT molecular complexity index is 633. The number of hydrogen-bond acceptors (Lipinski definition) is 3.